The van der Waals surface area contributed by atoms with Gasteiger partial charge in [-0.1, -0.05) is 61.4 Å². The summed E-state index contributed by atoms with van der Waals surface area (Å²) in [4.78, 5) is 0. The van der Waals surface area contributed by atoms with Gasteiger partial charge in [0.1, 0.15) is 0 Å². The number of benzene rings is 3. The van der Waals surface area contributed by atoms with E-state index in [2.05, 4.69) is 6.92 Å². The van der Waals surface area contributed by atoms with E-state index in [1.165, 1.54) is 0 Å². The molecule has 0 spiro atoms. The van der Waals surface area contributed by atoms with Gasteiger partial charge in [0, 0.05) is 5.56 Å². The Labute approximate surface area is 194 Å². The third-order valence-electron chi connectivity index (χ3n) is 6.82. The van der Waals surface area contributed by atoms with E-state index in [9.17, 15) is 8.78 Å². The Balaban J connectivity index is 1.43. The second kappa shape index (κ2) is 10.5. The molecule has 1 saturated carbocycles. The van der Waals surface area contributed by atoms with Crippen molar-refractivity contribution in [1.82, 2.24) is 0 Å². The number of unbranched alkanes of at least 4 members (excludes halogenated alkanes) is 1. The zero-order valence-corrected chi connectivity index (χ0v) is 19.3. The van der Waals surface area contributed by atoms with Crippen LogP contribution in [0.25, 0.3) is 11.1 Å². The first kappa shape index (κ1) is 23.4. The first-order valence-corrected chi connectivity index (χ1v) is 11.9. The Morgan fingerprint density at radius 3 is 2.18 bits per heavy atom. The Bertz CT molecular complexity index is 1080. The van der Waals surface area contributed by atoms with Gasteiger partial charge in [0.2, 0.25) is 0 Å². The van der Waals surface area contributed by atoms with Crippen LogP contribution in [0.4, 0.5) is 13.2 Å². The summed E-state index contributed by atoms with van der Waals surface area (Å²) in [6.07, 6.45) is 5.04. The van der Waals surface area contributed by atoms with E-state index >= 15 is 4.39 Å². The maximum absolute atomic E-state index is 15.0. The molecule has 1 aliphatic carbocycles. The molecule has 0 aliphatic heterocycles. The molecule has 4 rings (SSSR count). The summed E-state index contributed by atoms with van der Waals surface area (Å²) in [6.45, 7) is 4.55. The smallest absolute Gasteiger partial charge is 0.166 e. The molecule has 1 fully saturated rings. The standard InChI is InChI=1S/C29H31F3O/c1-3-4-17-33-27-16-13-23(18-26(27)30)20-9-11-22(12-10-20)25-15-14-24(28(31)29(25)32)21-7-5-19(2)6-8-21/h5-8,13-16,18,20,22H,3-4,9-12,17H2,1-2H3. The second-order valence-electron chi connectivity index (χ2n) is 9.14. The highest BCUT2D eigenvalue weighted by atomic mass is 19.2. The molecule has 0 saturated heterocycles. The normalized spacial score (nSPS) is 18.3. The highest BCUT2D eigenvalue weighted by Gasteiger charge is 2.27. The van der Waals surface area contributed by atoms with Gasteiger partial charge in [-0.05, 0) is 79.7 Å². The predicted octanol–water partition coefficient (Wildman–Crippen LogP) is 8.70. The van der Waals surface area contributed by atoms with Crippen molar-refractivity contribution < 1.29 is 17.9 Å². The van der Waals surface area contributed by atoms with E-state index < -0.39 is 11.6 Å². The highest BCUT2D eigenvalue weighted by Crippen LogP contribution is 2.42. The average Bonchev–Trinajstić information content (AvgIpc) is 2.83. The van der Waals surface area contributed by atoms with Crippen LogP contribution in [0.3, 0.4) is 0 Å². The summed E-state index contributed by atoms with van der Waals surface area (Å²) in [5, 5.41) is 0. The van der Waals surface area contributed by atoms with Gasteiger partial charge in [-0.25, -0.2) is 13.2 Å². The molecule has 0 radical (unpaired) electrons. The van der Waals surface area contributed by atoms with Crippen LogP contribution in [0.1, 0.15) is 74.0 Å². The number of halogens is 3. The lowest BCUT2D eigenvalue weighted by atomic mass is 9.76. The Morgan fingerprint density at radius 1 is 0.818 bits per heavy atom. The summed E-state index contributed by atoms with van der Waals surface area (Å²) in [5.41, 5.74) is 3.45. The van der Waals surface area contributed by atoms with Crippen LogP contribution in [-0.2, 0) is 0 Å². The van der Waals surface area contributed by atoms with Crippen LogP contribution in [0.5, 0.6) is 5.75 Å². The number of ether oxygens (including phenoxy) is 1. The van der Waals surface area contributed by atoms with Gasteiger partial charge in [-0.15, -0.1) is 0 Å². The minimum absolute atomic E-state index is 0.0238. The molecule has 0 amide bonds. The van der Waals surface area contributed by atoms with E-state index in [-0.39, 0.29) is 17.7 Å². The molecule has 1 aliphatic rings. The van der Waals surface area contributed by atoms with Gasteiger partial charge in [0.25, 0.3) is 0 Å². The summed E-state index contributed by atoms with van der Waals surface area (Å²) in [5.74, 6) is -1.35. The number of hydrogen-bond acceptors (Lipinski definition) is 1. The molecule has 0 heterocycles. The third kappa shape index (κ3) is 5.26. The van der Waals surface area contributed by atoms with Gasteiger partial charge in [0.05, 0.1) is 6.61 Å². The average molecular weight is 453 g/mol. The SMILES string of the molecule is CCCCOc1ccc(C2CCC(c3ccc(-c4ccc(C)cc4)c(F)c3F)CC2)cc1F. The van der Waals surface area contributed by atoms with Crippen molar-refractivity contribution in [1.29, 1.82) is 0 Å². The van der Waals surface area contributed by atoms with Crippen LogP contribution >= 0.6 is 0 Å². The van der Waals surface area contributed by atoms with Gasteiger partial charge < -0.3 is 4.74 Å². The van der Waals surface area contributed by atoms with Crippen LogP contribution < -0.4 is 4.74 Å². The molecule has 4 heteroatoms. The number of hydrogen-bond donors (Lipinski definition) is 0. The molecule has 1 nitrogen and oxygen atoms in total. The van der Waals surface area contributed by atoms with E-state index in [0.29, 0.717) is 29.0 Å². The van der Waals surface area contributed by atoms with Crippen molar-refractivity contribution in [2.24, 2.45) is 0 Å². The lowest BCUT2D eigenvalue weighted by Gasteiger charge is -2.29. The van der Waals surface area contributed by atoms with Gasteiger partial charge in [0.15, 0.2) is 23.2 Å². The largest absolute Gasteiger partial charge is 0.491 e. The third-order valence-corrected chi connectivity index (χ3v) is 6.82. The molecule has 0 atom stereocenters. The molecule has 3 aromatic carbocycles. The maximum atomic E-state index is 15.0. The lowest BCUT2D eigenvalue weighted by molar-refractivity contribution is 0.293. The van der Waals surface area contributed by atoms with Crippen molar-refractivity contribution in [3.8, 4) is 16.9 Å². The highest BCUT2D eigenvalue weighted by molar-refractivity contribution is 5.65. The van der Waals surface area contributed by atoms with Gasteiger partial charge in [-0.3, -0.25) is 0 Å². The fraction of sp³-hybridized carbons (Fsp3) is 0.379. The topological polar surface area (TPSA) is 9.23 Å². The summed E-state index contributed by atoms with van der Waals surface area (Å²) < 4.78 is 49.9. The quantitative estimate of drug-likeness (QED) is 0.326. The second-order valence-corrected chi connectivity index (χ2v) is 9.14. The maximum Gasteiger partial charge on any atom is 0.166 e. The fourth-order valence-corrected chi connectivity index (χ4v) is 4.79. The molecule has 0 N–H and O–H groups in total. The van der Waals surface area contributed by atoms with E-state index in [4.69, 9.17) is 4.74 Å². The van der Waals surface area contributed by atoms with E-state index in [1.54, 1.807) is 24.3 Å². The molecule has 0 bridgehead atoms. The minimum Gasteiger partial charge on any atom is -0.491 e. The first-order chi connectivity index (χ1) is 16.0. The molecule has 0 aromatic heterocycles. The van der Waals surface area contributed by atoms with E-state index in [0.717, 1.165) is 49.7 Å². The molecule has 33 heavy (non-hydrogen) atoms. The monoisotopic (exact) mass is 452 g/mol. The molecular formula is C29H31F3O. The van der Waals surface area contributed by atoms with Gasteiger partial charge in [-0.2, -0.15) is 0 Å². The first-order valence-electron chi connectivity index (χ1n) is 11.9. The van der Waals surface area contributed by atoms with Crippen molar-refractivity contribution in [2.45, 2.75) is 64.2 Å². The summed E-state index contributed by atoms with van der Waals surface area (Å²) in [6, 6.07) is 16.1. The Morgan fingerprint density at radius 2 is 1.52 bits per heavy atom. The summed E-state index contributed by atoms with van der Waals surface area (Å²) in [7, 11) is 0. The zero-order chi connectivity index (χ0) is 23.4. The Hall–Kier alpha value is -2.75. The van der Waals surface area contributed by atoms with Crippen LogP contribution in [-0.4, -0.2) is 6.61 Å². The fourth-order valence-electron chi connectivity index (χ4n) is 4.79. The minimum atomic E-state index is -0.779. The lowest BCUT2D eigenvalue weighted by Crippen LogP contribution is -2.14. The van der Waals surface area contributed by atoms with Crippen molar-refractivity contribution in [3.05, 3.63) is 88.7 Å². The van der Waals surface area contributed by atoms with Crippen molar-refractivity contribution in [2.75, 3.05) is 6.61 Å². The zero-order valence-electron chi connectivity index (χ0n) is 19.3. The number of aryl methyl sites for hydroxylation is 1. The van der Waals surface area contributed by atoms with Crippen LogP contribution in [0.2, 0.25) is 0 Å². The molecule has 0 unspecified atom stereocenters. The predicted molar refractivity (Wildman–Crippen MR) is 127 cm³/mol. The Kier molecular flexibility index (Phi) is 7.42. The van der Waals surface area contributed by atoms with Crippen LogP contribution in [0, 0.1) is 24.4 Å². The van der Waals surface area contributed by atoms with E-state index in [1.807, 2.05) is 37.3 Å². The number of rotatable bonds is 7. The van der Waals surface area contributed by atoms with Crippen LogP contribution in [0.15, 0.2) is 54.6 Å². The molecule has 3 aromatic rings. The van der Waals surface area contributed by atoms with Crippen molar-refractivity contribution in [3.63, 3.8) is 0 Å². The summed E-state index contributed by atoms with van der Waals surface area (Å²) >= 11 is 0. The van der Waals surface area contributed by atoms with Crippen molar-refractivity contribution >= 4 is 0 Å². The molecular weight excluding hydrogens is 421 g/mol. The van der Waals surface area contributed by atoms with Gasteiger partial charge >= 0.3 is 0 Å². The molecule has 174 valence electrons.